The van der Waals surface area contributed by atoms with Crippen molar-refractivity contribution in [1.29, 1.82) is 0 Å². The minimum absolute atomic E-state index is 0.0814. The lowest BCUT2D eigenvalue weighted by Crippen LogP contribution is -2.42. The van der Waals surface area contributed by atoms with Crippen LogP contribution in [-0.4, -0.2) is 33.7 Å². The van der Waals surface area contributed by atoms with Crippen molar-refractivity contribution >= 4 is 23.5 Å². The summed E-state index contributed by atoms with van der Waals surface area (Å²) in [7, 11) is 0. The fourth-order valence-electron chi connectivity index (χ4n) is 2.99. The first-order valence-electron chi connectivity index (χ1n) is 9.29. The fourth-order valence-corrected chi connectivity index (χ4v) is 3.57. The maximum atomic E-state index is 12.3. The van der Waals surface area contributed by atoms with Gasteiger partial charge in [-0.2, -0.15) is 0 Å². The monoisotopic (exact) mass is 409 g/mol. The van der Waals surface area contributed by atoms with Crippen LogP contribution < -0.4 is 5.32 Å². The van der Waals surface area contributed by atoms with Crippen molar-refractivity contribution in [2.24, 2.45) is 0 Å². The number of nitrogens with zero attached hydrogens (tertiary/aromatic N) is 2. The van der Waals surface area contributed by atoms with Crippen molar-refractivity contribution < 1.29 is 14.0 Å². The Morgan fingerprint density at radius 1 is 1.07 bits per heavy atom. The molecule has 0 spiro atoms. The number of carbonyl (C=O) groups is 2. The van der Waals surface area contributed by atoms with Gasteiger partial charge in [0, 0.05) is 5.56 Å². The lowest BCUT2D eigenvalue weighted by Gasteiger charge is -2.15. The highest BCUT2D eigenvalue weighted by molar-refractivity contribution is 7.99. The summed E-state index contributed by atoms with van der Waals surface area (Å²) < 4.78 is 5.67. The summed E-state index contributed by atoms with van der Waals surface area (Å²) in [5, 5.41) is 11.2. The van der Waals surface area contributed by atoms with Crippen molar-refractivity contribution in [2.45, 2.75) is 38.5 Å². The van der Waals surface area contributed by atoms with Gasteiger partial charge >= 0.3 is 0 Å². The maximum Gasteiger partial charge on any atom is 0.277 e. The van der Waals surface area contributed by atoms with Crippen LogP contribution in [0.25, 0.3) is 11.5 Å². The Morgan fingerprint density at radius 3 is 2.41 bits per heavy atom. The predicted octanol–water partition coefficient (Wildman–Crippen LogP) is 3.76. The molecule has 1 N–H and O–H groups in total. The van der Waals surface area contributed by atoms with Crippen molar-refractivity contribution in [3.05, 3.63) is 65.2 Å². The van der Waals surface area contributed by atoms with Crippen LogP contribution >= 0.6 is 11.8 Å². The number of thioether (sulfide) groups is 1. The van der Waals surface area contributed by atoms with Crippen molar-refractivity contribution in [2.75, 3.05) is 5.75 Å². The lowest BCUT2D eigenvalue weighted by atomic mass is 10.0. The lowest BCUT2D eigenvalue weighted by molar-refractivity contribution is -0.125. The van der Waals surface area contributed by atoms with Gasteiger partial charge in [0.25, 0.3) is 5.22 Å². The Morgan fingerprint density at radius 2 is 1.76 bits per heavy atom. The molecule has 0 aliphatic rings. The molecule has 3 aromatic rings. The first-order chi connectivity index (χ1) is 13.9. The number of rotatable bonds is 8. The molecule has 0 aliphatic heterocycles. The van der Waals surface area contributed by atoms with Gasteiger partial charge in [0.1, 0.15) is 0 Å². The molecular weight excluding hydrogens is 386 g/mol. The van der Waals surface area contributed by atoms with E-state index >= 15 is 0 Å². The number of Topliss-reactive ketones (excluding diaryl/α,β-unsaturated/α-hetero) is 1. The third-order valence-corrected chi connectivity index (χ3v) is 5.13. The van der Waals surface area contributed by atoms with Crippen molar-refractivity contribution in [1.82, 2.24) is 15.5 Å². The molecule has 1 amide bonds. The highest BCUT2D eigenvalue weighted by Gasteiger charge is 2.19. The number of ketones is 1. The summed E-state index contributed by atoms with van der Waals surface area (Å²) in [6, 6.07) is 15.1. The molecule has 0 bridgehead atoms. The Kier molecular flexibility index (Phi) is 6.82. The minimum atomic E-state index is -0.556. The van der Waals surface area contributed by atoms with Crippen LogP contribution in [0.1, 0.15) is 23.6 Å². The number of amides is 1. The number of carbonyl (C=O) groups excluding carboxylic acids is 2. The zero-order valence-electron chi connectivity index (χ0n) is 16.6. The van der Waals surface area contributed by atoms with Crippen LogP contribution in [0, 0.1) is 13.8 Å². The Labute approximate surface area is 174 Å². The summed E-state index contributed by atoms with van der Waals surface area (Å²) in [6.07, 6.45) is 0.462. The molecular formula is C22H23N3O3S. The highest BCUT2D eigenvalue weighted by atomic mass is 32.2. The minimum Gasteiger partial charge on any atom is -0.411 e. The van der Waals surface area contributed by atoms with Crippen molar-refractivity contribution in [3.8, 4) is 11.5 Å². The third-order valence-electron chi connectivity index (χ3n) is 4.31. The topological polar surface area (TPSA) is 85.1 Å². The number of nitrogens with one attached hydrogen (secondary N) is 1. The SMILES string of the molecule is CC(=O)[C@H](Cc1ccccc1)NC(=O)CSc1nnc(-c2cc(C)cc(C)c2)o1. The number of hydrogen-bond donors (Lipinski definition) is 1. The average Bonchev–Trinajstić information content (AvgIpc) is 3.15. The first-order valence-corrected chi connectivity index (χ1v) is 10.3. The Bertz CT molecular complexity index is 981. The Balaban J connectivity index is 1.57. The molecule has 1 aromatic heterocycles. The van der Waals surface area contributed by atoms with Gasteiger partial charge in [-0.25, -0.2) is 0 Å². The molecule has 6 nitrogen and oxygen atoms in total. The number of aryl methyl sites for hydroxylation is 2. The molecule has 0 saturated carbocycles. The van der Waals surface area contributed by atoms with Crippen LogP contribution in [0.5, 0.6) is 0 Å². The van der Waals surface area contributed by atoms with E-state index in [0.29, 0.717) is 17.5 Å². The highest BCUT2D eigenvalue weighted by Crippen LogP contribution is 2.24. The summed E-state index contributed by atoms with van der Waals surface area (Å²) in [4.78, 5) is 24.2. The molecule has 0 radical (unpaired) electrons. The molecule has 150 valence electrons. The summed E-state index contributed by atoms with van der Waals surface area (Å²) in [5.41, 5.74) is 4.07. The molecule has 1 atom stereocenters. The van der Waals surface area contributed by atoms with Gasteiger partial charge < -0.3 is 9.73 Å². The van der Waals surface area contributed by atoms with Gasteiger partial charge in [0.15, 0.2) is 5.78 Å². The standard InChI is InChI=1S/C22H23N3O3S/c1-14-9-15(2)11-18(10-14)21-24-25-22(28-21)29-13-20(27)23-19(16(3)26)12-17-7-5-4-6-8-17/h4-11,19H,12-13H2,1-3H3,(H,23,27)/t19-/m0/s1. The number of benzene rings is 2. The van der Waals surface area contributed by atoms with Crippen LogP contribution in [0.2, 0.25) is 0 Å². The first kappa shape index (κ1) is 20.8. The molecule has 0 aliphatic carbocycles. The second kappa shape index (κ2) is 9.52. The maximum absolute atomic E-state index is 12.3. The summed E-state index contributed by atoms with van der Waals surface area (Å²) >= 11 is 1.15. The van der Waals surface area contributed by atoms with E-state index in [2.05, 4.69) is 21.6 Å². The summed E-state index contributed by atoms with van der Waals surface area (Å²) in [6.45, 7) is 5.50. The largest absolute Gasteiger partial charge is 0.411 e. The van der Waals surface area contributed by atoms with Gasteiger partial charge in [0.2, 0.25) is 11.8 Å². The number of aromatic nitrogens is 2. The van der Waals surface area contributed by atoms with Gasteiger partial charge in [-0.3, -0.25) is 9.59 Å². The fraction of sp³-hybridized carbons (Fsp3) is 0.273. The van der Waals surface area contributed by atoms with E-state index in [-0.39, 0.29) is 17.4 Å². The molecule has 0 saturated heterocycles. The molecule has 0 fully saturated rings. The van der Waals surface area contributed by atoms with E-state index in [1.165, 1.54) is 6.92 Å². The van der Waals surface area contributed by atoms with Crippen molar-refractivity contribution in [3.63, 3.8) is 0 Å². The zero-order valence-corrected chi connectivity index (χ0v) is 17.5. The molecule has 3 rings (SSSR count). The smallest absolute Gasteiger partial charge is 0.277 e. The van der Waals surface area contributed by atoms with Gasteiger partial charge in [-0.1, -0.05) is 59.3 Å². The van der Waals surface area contributed by atoms with Crippen LogP contribution in [0.4, 0.5) is 0 Å². The quantitative estimate of drug-likeness (QED) is 0.570. The second-order valence-electron chi connectivity index (χ2n) is 6.96. The zero-order chi connectivity index (χ0) is 20.8. The Hall–Kier alpha value is -2.93. The van der Waals surface area contributed by atoms with E-state index in [9.17, 15) is 9.59 Å². The number of hydrogen-bond acceptors (Lipinski definition) is 6. The van der Waals surface area contributed by atoms with Gasteiger partial charge in [0.05, 0.1) is 11.8 Å². The molecule has 0 unspecified atom stereocenters. The van der Waals surface area contributed by atoms with E-state index in [4.69, 9.17) is 4.42 Å². The molecule has 1 heterocycles. The predicted molar refractivity (Wildman–Crippen MR) is 113 cm³/mol. The molecule has 7 heteroatoms. The summed E-state index contributed by atoms with van der Waals surface area (Å²) in [5.74, 6) is 0.178. The molecule has 29 heavy (non-hydrogen) atoms. The van der Waals surface area contributed by atoms with Crippen LogP contribution in [0.15, 0.2) is 58.2 Å². The average molecular weight is 410 g/mol. The van der Waals surface area contributed by atoms with Crippen LogP contribution in [0.3, 0.4) is 0 Å². The van der Waals surface area contributed by atoms with Gasteiger partial charge in [-0.15, -0.1) is 10.2 Å². The third kappa shape index (κ3) is 6.02. The van der Waals surface area contributed by atoms with E-state index < -0.39 is 6.04 Å². The van der Waals surface area contributed by atoms with E-state index in [1.807, 2.05) is 56.3 Å². The normalized spacial score (nSPS) is 11.8. The van der Waals surface area contributed by atoms with E-state index in [0.717, 1.165) is 34.0 Å². The second-order valence-corrected chi connectivity index (χ2v) is 7.89. The molecule has 2 aromatic carbocycles. The van der Waals surface area contributed by atoms with Crippen LogP contribution in [-0.2, 0) is 16.0 Å². The van der Waals surface area contributed by atoms with E-state index in [1.54, 1.807) is 0 Å². The van der Waals surface area contributed by atoms with Gasteiger partial charge in [-0.05, 0) is 44.9 Å².